The number of fused-ring (bicyclic) bond motifs is 1. The largest absolute Gasteiger partial charge is 0.485 e. The number of nitrogens with two attached hydrogens (primary N) is 2. The van der Waals surface area contributed by atoms with E-state index in [4.69, 9.17) is 30.6 Å². The summed E-state index contributed by atoms with van der Waals surface area (Å²) in [7, 11) is -5.03. The van der Waals surface area contributed by atoms with Crippen molar-refractivity contribution in [2.75, 3.05) is 12.3 Å². The number of carboxylic acid groups (broad SMARTS) is 1. The zero-order valence-electron chi connectivity index (χ0n) is 28.4. The molecule has 2 fully saturated rings. The highest BCUT2D eigenvalue weighted by atomic mass is 32.3. The standard InChI is InChI=1S/C31H41N7O11S2/c1-29(2)23(26(41)38(29)49-51(44,45)46)35-25(40)22(19-15-50-28(33)34-19)37-48-31(4,27(42)43)21-8-6-17-13-18(5-7-20(17)47-21)24(32)36-30(3)11-9-16(14-39)10-12-30/h5,7,13,15-16,21,23,39H,6,8-12,14H2,1-4H3,(H2,32,36)(H2,33,34)(H,35,40)(H,42,43)(H,44,45,46)/b37-22-/t16?,21-,23-,30?,31+/m1/s1. The number of amidine groups is 1. The lowest BCUT2D eigenvalue weighted by molar-refractivity contribution is -0.218. The van der Waals surface area contributed by atoms with Crippen molar-refractivity contribution < 1.29 is 51.4 Å². The average molecular weight is 752 g/mol. The summed E-state index contributed by atoms with van der Waals surface area (Å²) < 4.78 is 41.8. The summed E-state index contributed by atoms with van der Waals surface area (Å²) in [5.74, 6) is -2.41. The number of aromatic nitrogens is 1. The molecule has 18 nitrogen and oxygen atoms in total. The van der Waals surface area contributed by atoms with Gasteiger partial charge in [-0.3, -0.25) is 19.1 Å². The molecule has 3 aliphatic rings. The SMILES string of the molecule is CC1(N=C(N)c2ccc3c(c2)CC[C@H]([C@](C)(O/N=C(\C(=O)N[C@@H]2C(=O)N(OS(=O)(=O)O)C2(C)C)c2csc(N)n2)C(=O)O)O3)CCC(CO)CC1. The number of aliphatic hydroxyl groups excluding tert-OH is 1. The number of ether oxygens (including phenoxy) is 1. The number of oxime groups is 1. The topological polar surface area (TPSA) is 279 Å². The zero-order valence-corrected chi connectivity index (χ0v) is 30.0. The Kier molecular flexibility index (Phi) is 10.4. The van der Waals surface area contributed by atoms with Gasteiger partial charge in [0.15, 0.2) is 16.9 Å². The lowest BCUT2D eigenvalue weighted by Gasteiger charge is -2.50. The number of hydrogen-bond acceptors (Lipinski definition) is 14. The van der Waals surface area contributed by atoms with E-state index in [0.29, 0.717) is 28.6 Å². The summed E-state index contributed by atoms with van der Waals surface area (Å²) in [6.07, 6.45) is 2.86. The lowest BCUT2D eigenvalue weighted by atomic mass is 9.78. The minimum absolute atomic E-state index is 0.0553. The highest BCUT2D eigenvalue weighted by Gasteiger charge is 2.58. The van der Waals surface area contributed by atoms with Gasteiger partial charge in [0.05, 0.1) is 11.1 Å². The first kappa shape index (κ1) is 37.9. The number of carbonyl (C=O) groups is 3. The average Bonchev–Trinajstić information content (AvgIpc) is 3.50. The van der Waals surface area contributed by atoms with Crippen molar-refractivity contribution in [2.45, 2.75) is 95.0 Å². The molecule has 0 unspecified atom stereocenters. The summed E-state index contributed by atoms with van der Waals surface area (Å²) in [5.41, 5.74) is 9.15. The quantitative estimate of drug-likeness (QED) is 0.0584. The predicted octanol–water partition coefficient (Wildman–Crippen LogP) is 1.17. The maximum Gasteiger partial charge on any atom is 0.418 e. The van der Waals surface area contributed by atoms with E-state index in [2.05, 4.69) is 26.7 Å². The molecule has 1 saturated carbocycles. The molecule has 5 rings (SSSR count). The minimum atomic E-state index is -5.03. The number of β-lactam (4-membered cyclic amide) rings is 1. The molecule has 1 aromatic heterocycles. The van der Waals surface area contributed by atoms with Crippen molar-refractivity contribution in [1.29, 1.82) is 0 Å². The smallest absolute Gasteiger partial charge is 0.418 e. The van der Waals surface area contributed by atoms with Crippen LogP contribution in [0.2, 0.25) is 0 Å². The Labute approximate surface area is 297 Å². The number of rotatable bonds is 12. The summed E-state index contributed by atoms with van der Waals surface area (Å²) in [5, 5.41) is 27.9. The molecule has 8 N–H and O–H groups in total. The molecule has 2 aliphatic heterocycles. The third kappa shape index (κ3) is 7.93. The third-order valence-corrected chi connectivity index (χ3v) is 10.6. The molecule has 0 bridgehead atoms. The number of aryl methyl sites for hydroxylation is 1. The van der Waals surface area contributed by atoms with Gasteiger partial charge in [-0.25, -0.2) is 9.78 Å². The molecule has 1 saturated heterocycles. The second kappa shape index (κ2) is 14.0. The molecular weight excluding hydrogens is 711 g/mol. The van der Waals surface area contributed by atoms with Crippen molar-refractivity contribution in [3.05, 3.63) is 40.4 Å². The highest BCUT2D eigenvalue weighted by molar-refractivity contribution is 7.80. The van der Waals surface area contributed by atoms with Crippen LogP contribution in [0.3, 0.4) is 0 Å². The van der Waals surface area contributed by atoms with Crippen LogP contribution in [0, 0.1) is 5.92 Å². The van der Waals surface area contributed by atoms with Crippen LogP contribution in [0.1, 0.15) is 76.6 Å². The molecule has 3 atom stereocenters. The Balaban J connectivity index is 1.34. The van der Waals surface area contributed by atoms with Gasteiger partial charge in [0, 0.05) is 17.6 Å². The molecule has 1 aromatic carbocycles. The molecule has 20 heteroatoms. The van der Waals surface area contributed by atoms with Gasteiger partial charge in [-0.05, 0) is 95.9 Å². The highest BCUT2D eigenvalue weighted by Crippen LogP contribution is 2.37. The Hall–Kier alpha value is -4.37. The van der Waals surface area contributed by atoms with Crippen molar-refractivity contribution in [2.24, 2.45) is 21.8 Å². The molecule has 0 radical (unpaired) electrons. The normalized spacial score (nSPS) is 26.3. The zero-order chi connectivity index (χ0) is 37.5. The van der Waals surface area contributed by atoms with Crippen LogP contribution in [0.25, 0.3) is 0 Å². The summed E-state index contributed by atoms with van der Waals surface area (Å²) in [6, 6.07) is 3.93. The van der Waals surface area contributed by atoms with E-state index in [1.807, 2.05) is 6.07 Å². The maximum atomic E-state index is 13.5. The number of aliphatic imine (C=N–C) groups is 1. The summed E-state index contributed by atoms with van der Waals surface area (Å²) in [6.45, 7) is 6.20. The van der Waals surface area contributed by atoms with E-state index >= 15 is 0 Å². The van der Waals surface area contributed by atoms with Gasteiger partial charge in [0.25, 0.3) is 17.4 Å². The fraction of sp³-hybridized carbons (Fsp3) is 0.548. The number of amides is 2. The number of nitrogens with zero attached hydrogens (tertiary/aromatic N) is 4. The third-order valence-electron chi connectivity index (χ3n) is 9.60. The van der Waals surface area contributed by atoms with E-state index in [9.17, 15) is 33.0 Å². The van der Waals surface area contributed by atoms with Gasteiger partial charge in [-0.15, -0.1) is 15.6 Å². The molecular formula is C31H41N7O11S2. The van der Waals surface area contributed by atoms with Gasteiger partial charge in [-0.1, -0.05) is 5.16 Å². The van der Waals surface area contributed by atoms with Crippen molar-refractivity contribution in [3.63, 3.8) is 0 Å². The van der Waals surface area contributed by atoms with Crippen molar-refractivity contribution in [3.8, 4) is 5.75 Å². The first-order valence-corrected chi connectivity index (χ1v) is 18.3. The fourth-order valence-electron chi connectivity index (χ4n) is 6.28. The number of thiazole rings is 1. The monoisotopic (exact) mass is 751 g/mol. The van der Waals surface area contributed by atoms with Crippen molar-refractivity contribution >= 4 is 56.2 Å². The van der Waals surface area contributed by atoms with E-state index in [1.165, 1.54) is 26.2 Å². The maximum absolute atomic E-state index is 13.5. The van der Waals surface area contributed by atoms with E-state index in [-0.39, 0.29) is 35.3 Å². The number of carboxylic acids is 1. The Morgan fingerprint density at radius 1 is 1.24 bits per heavy atom. The van der Waals surface area contributed by atoms with E-state index < -0.39 is 57.2 Å². The predicted molar refractivity (Wildman–Crippen MR) is 183 cm³/mol. The van der Waals surface area contributed by atoms with E-state index in [1.54, 1.807) is 12.1 Å². The number of aliphatic carboxylic acids is 1. The van der Waals surface area contributed by atoms with Crippen LogP contribution in [-0.2, 0) is 40.3 Å². The van der Waals surface area contributed by atoms with E-state index in [0.717, 1.165) is 42.6 Å². The first-order valence-electron chi connectivity index (χ1n) is 16.1. The molecule has 278 valence electrons. The number of anilines is 1. The number of carbonyl (C=O) groups excluding carboxylic acids is 2. The number of hydrogen-bond donors (Lipinski definition) is 6. The summed E-state index contributed by atoms with van der Waals surface area (Å²) in [4.78, 5) is 53.3. The molecule has 0 spiro atoms. The number of nitrogen functional groups attached to an aromatic ring is 1. The van der Waals surface area contributed by atoms with Crippen LogP contribution in [0.5, 0.6) is 5.75 Å². The van der Waals surface area contributed by atoms with Crippen molar-refractivity contribution in [1.82, 2.24) is 15.4 Å². The number of benzene rings is 1. The summed E-state index contributed by atoms with van der Waals surface area (Å²) >= 11 is 0.962. The number of hydroxylamine groups is 2. The van der Waals surface area contributed by atoms with Crippen LogP contribution >= 0.6 is 11.3 Å². The number of aliphatic hydroxyl groups is 1. The van der Waals surface area contributed by atoms with Gasteiger partial charge in [-0.2, -0.15) is 13.5 Å². The van der Waals surface area contributed by atoms with Gasteiger partial charge < -0.3 is 36.6 Å². The van der Waals surface area contributed by atoms with Gasteiger partial charge >= 0.3 is 16.4 Å². The molecule has 2 aromatic rings. The van der Waals surface area contributed by atoms with Crippen LogP contribution in [-0.4, -0.2) is 98.0 Å². The fourth-order valence-corrected chi connectivity index (χ4v) is 7.28. The Morgan fingerprint density at radius 2 is 1.92 bits per heavy atom. The molecule has 2 amide bonds. The lowest BCUT2D eigenvalue weighted by Crippen LogP contribution is -2.76. The van der Waals surface area contributed by atoms with Gasteiger partial charge in [0.2, 0.25) is 0 Å². The van der Waals surface area contributed by atoms with Gasteiger partial charge in [0.1, 0.15) is 23.3 Å². The Morgan fingerprint density at radius 3 is 2.49 bits per heavy atom. The second-order valence-electron chi connectivity index (χ2n) is 13.8. The van der Waals surface area contributed by atoms with Crippen LogP contribution in [0.4, 0.5) is 5.13 Å². The Bertz CT molecular complexity index is 1870. The van der Waals surface area contributed by atoms with Crippen LogP contribution in [0.15, 0.2) is 33.7 Å². The number of nitrogens with one attached hydrogen (secondary N) is 1. The van der Waals surface area contributed by atoms with Crippen LogP contribution < -0.4 is 21.5 Å². The minimum Gasteiger partial charge on any atom is -0.485 e. The molecule has 3 heterocycles. The second-order valence-corrected chi connectivity index (χ2v) is 15.7. The molecule has 1 aliphatic carbocycles. The first-order chi connectivity index (χ1) is 23.8. The molecule has 51 heavy (non-hydrogen) atoms.